The number of aromatic nitrogens is 1. The summed E-state index contributed by atoms with van der Waals surface area (Å²) >= 11 is 0. The zero-order valence-electron chi connectivity index (χ0n) is 12.4. The van der Waals surface area contributed by atoms with Crippen molar-refractivity contribution in [1.82, 2.24) is 4.98 Å². The standard InChI is InChI=1S/C17H14FNO4/c1-23-17(22)13-8-12-14(19-16(13)21)6-10(7-15(12)20)9-2-4-11(18)5-3-9/h2-5,8,10H,6-7H2,1H3,(H,19,21)/t10-/m0/s1. The summed E-state index contributed by atoms with van der Waals surface area (Å²) in [4.78, 5) is 38.5. The summed E-state index contributed by atoms with van der Waals surface area (Å²) < 4.78 is 17.6. The van der Waals surface area contributed by atoms with E-state index in [-0.39, 0.29) is 29.5 Å². The van der Waals surface area contributed by atoms with Crippen LogP contribution in [0.25, 0.3) is 0 Å². The number of ketones is 1. The quantitative estimate of drug-likeness (QED) is 0.862. The number of carbonyl (C=O) groups excluding carboxylic acids is 2. The van der Waals surface area contributed by atoms with Gasteiger partial charge in [0.2, 0.25) is 0 Å². The van der Waals surface area contributed by atoms with Crippen molar-refractivity contribution in [3.8, 4) is 0 Å². The normalized spacial score (nSPS) is 16.8. The molecule has 0 fully saturated rings. The molecule has 1 aromatic carbocycles. The largest absolute Gasteiger partial charge is 0.465 e. The number of ether oxygens (including phenoxy) is 1. The van der Waals surface area contributed by atoms with Crippen LogP contribution in [0.2, 0.25) is 0 Å². The Morgan fingerprint density at radius 1 is 1.22 bits per heavy atom. The Morgan fingerprint density at radius 3 is 2.57 bits per heavy atom. The lowest BCUT2D eigenvalue weighted by molar-refractivity contribution is 0.0598. The molecule has 0 spiro atoms. The number of fused-ring (bicyclic) bond motifs is 1. The zero-order chi connectivity index (χ0) is 16.6. The van der Waals surface area contributed by atoms with Crippen LogP contribution >= 0.6 is 0 Å². The lowest BCUT2D eigenvalue weighted by Crippen LogP contribution is -2.27. The smallest absolute Gasteiger partial charge is 0.343 e. The first-order chi connectivity index (χ1) is 11.0. The van der Waals surface area contributed by atoms with Crippen molar-refractivity contribution >= 4 is 11.8 Å². The van der Waals surface area contributed by atoms with Crippen LogP contribution < -0.4 is 5.56 Å². The van der Waals surface area contributed by atoms with E-state index in [1.807, 2.05) is 0 Å². The van der Waals surface area contributed by atoms with Crippen molar-refractivity contribution in [2.24, 2.45) is 0 Å². The van der Waals surface area contributed by atoms with E-state index in [1.165, 1.54) is 25.3 Å². The number of H-pyrrole nitrogens is 1. The fraction of sp³-hybridized carbons (Fsp3) is 0.235. The fourth-order valence-electron chi connectivity index (χ4n) is 2.86. The third-order valence-corrected chi connectivity index (χ3v) is 4.05. The zero-order valence-corrected chi connectivity index (χ0v) is 12.4. The van der Waals surface area contributed by atoms with Gasteiger partial charge in [-0.1, -0.05) is 12.1 Å². The Balaban J connectivity index is 1.99. The van der Waals surface area contributed by atoms with Crippen molar-refractivity contribution in [3.05, 3.63) is 68.9 Å². The summed E-state index contributed by atoms with van der Waals surface area (Å²) in [6.07, 6.45) is 0.689. The fourth-order valence-corrected chi connectivity index (χ4v) is 2.86. The summed E-state index contributed by atoms with van der Waals surface area (Å²) in [6.45, 7) is 0. The van der Waals surface area contributed by atoms with Crippen LogP contribution in [0.1, 0.15) is 44.3 Å². The Labute approximate surface area is 131 Å². The molecular formula is C17H14FNO4. The first-order valence-electron chi connectivity index (χ1n) is 7.12. The molecule has 5 nitrogen and oxygen atoms in total. The molecule has 1 aliphatic rings. The average molecular weight is 315 g/mol. The highest BCUT2D eigenvalue weighted by atomic mass is 19.1. The number of methoxy groups -OCH3 is 1. The summed E-state index contributed by atoms with van der Waals surface area (Å²) in [5, 5.41) is 0. The van der Waals surface area contributed by atoms with Gasteiger partial charge in [0.05, 0.1) is 7.11 Å². The Morgan fingerprint density at radius 2 is 1.91 bits per heavy atom. The molecule has 23 heavy (non-hydrogen) atoms. The molecule has 1 N–H and O–H groups in total. The minimum atomic E-state index is -0.775. The lowest BCUT2D eigenvalue weighted by Gasteiger charge is -2.24. The SMILES string of the molecule is COC(=O)c1cc2c([nH]c1=O)C[C@H](c1ccc(F)cc1)CC2=O. The molecule has 0 bridgehead atoms. The van der Waals surface area contributed by atoms with Gasteiger partial charge >= 0.3 is 5.97 Å². The van der Waals surface area contributed by atoms with E-state index in [0.29, 0.717) is 17.7 Å². The number of Topliss-reactive ketones (excluding diaryl/α,β-unsaturated/α-hetero) is 1. The summed E-state index contributed by atoms with van der Waals surface area (Å²) in [5.41, 5.74) is 0.905. The van der Waals surface area contributed by atoms with Crippen molar-refractivity contribution in [3.63, 3.8) is 0 Å². The number of esters is 1. The monoisotopic (exact) mass is 315 g/mol. The van der Waals surface area contributed by atoms with Gasteiger partial charge in [0, 0.05) is 17.7 Å². The maximum absolute atomic E-state index is 13.0. The Hall–Kier alpha value is -2.76. The third-order valence-electron chi connectivity index (χ3n) is 4.05. The highest BCUT2D eigenvalue weighted by molar-refractivity contribution is 6.01. The van der Waals surface area contributed by atoms with Crippen LogP contribution in [-0.2, 0) is 11.2 Å². The minimum Gasteiger partial charge on any atom is -0.465 e. The average Bonchev–Trinajstić information content (AvgIpc) is 2.54. The van der Waals surface area contributed by atoms with Gasteiger partial charge in [0.25, 0.3) is 5.56 Å². The van der Waals surface area contributed by atoms with Crippen LogP contribution in [0.3, 0.4) is 0 Å². The van der Waals surface area contributed by atoms with Crippen molar-refractivity contribution in [2.45, 2.75) is 18.8 Å². The molecule has 6 heteroatoms. The van der Waals surface area contributed by atoms with E-state index < -0.39 is 11.5 Å². The van der Waals surface area contributed by atoms with E-state index in [1.54, 1.807) is 12.1 Å². The molecular weight excluding hydrogens is 301 g/mol. The highest BCUT2D eigenvalue weighted by Gasteiger charge is 2.29. The molecule has 1 aliphatic carbocycles. The maximum Gasteiger partial charge on any atom is 0.343 e. The molecule has 0 saturated carbocycles. The highest BCUT2D eigenvalue weighted by Crippen LogP contribution is 2.31. The second-order valence-electron chi connectivity index (χ2n) is 5.48. The van der Waals surface area contributed by atoms with Gasteiger partial charge in [0.1, 0.15) is 11.4 Å². The number of rotatable bonds is 2. The van der Waals surface area contributed by atoms with Gasteiger partial charge in [-0.15, -0.1) is 0 Å². The molecule has 0 unspecified atom stereocenters. The van der Waals surface area contributed by atoms with Crippen molar-refractivity contribution in [2.75, 3.05) is 7.11 Å². The molecule has 0 amide bonds. The Kier molecular flexibility index (Phi) is 3.82. The first-order valence-corrected chi connectivity index (χ1v) is 7.12. The van der Waals surface area contributed by atoms with Crippen LogP contribution in [0.4, 0.5) is 4.39 Å². The molecule has 118 valence electrons. The molecule has 1 aromatic heterocycles. The van der Waals surface area contributed by atoms with Crippen LogP contribution in [0.5, 0.6) is 0 Å². The van der Waals surface area contributed by atoms with E-state index in [9.17, 15) is 18.8 Å². The molecule has 1 heterocycles. The summed E-state index contributed by atoms with van der Waals surface area (Å²) in [7, 11) is 1.17. The van der Waals surface area contributed by atoms with Crippen LogP contribution in [0.15, 0.2) is 35.1 Å². The van der Waals surface area contributed by atoms with Crippen LogP contribution in [0, 0.1) is 5.82 Å². The summed E-state index contributed by atoms with van der Waals surface area (Å²) in [5.74, 6) is -1.41. The molecule has 2 aromatic rings. The van der Waals surface area contributed by atoms with Gasteiger partial charge in [-0.3, -0.25) is 9.59 Å². The van der Waals surface area contributed by atoms with Gasteiger partial charge in [-0.2, -0.15) is 0 Å². The van der Waals surface area contributed by atoms with Crippen molar-refractivity contribution in [1.29, 1.82) is 0 Å². The van der Waals surface area contributed by atoms with Gasteiger partial charge in [0.15, 0.2) is 5.78 Å². The third kappa shape index (κ3) is 2.79. The lowest BCUT2D eigenvalue weighted by atomic mass is 9.81. The van der Waals surface area contributed by atoms with Gasteiger partial charge < -0.3 is 9.72 Å². The van der Waals surface area contributed by atoms with E-state index in [4.69, 9.17) is 0 Å². The molecule has 0 saturated heterocycles. The molecule has 0 radical (unpaired) electrons. The number of hydrogen-bond donors (Lipinski definition) is 1. The van der Waals surface area contributed by atoms with E-state index >= 15 is 0 Å². The molecule has 0 aliphatic heterocycles. The topological polar surface area (TPSA) is 76.2 Å². The van der Waals surface area contributed by atoms with Crippen molar-refractivity contribution < 1.29 is 18.7 Å². The number of nitrogens with one attached hydrogen (secondary N) is 1. The minimum absolute atomic E-state index is 0.129. The number of aromatic amines is 1. The van der Waals surface area contributed by atoms with E-state index in [2.05, 4.69) is 9.72 Å². The second-order valence-corrected chi connectivity index (χ2v) is 5.48. The Bertz CT molecular complexity index is 839. The predicted molar refractivity (Wildman–Crippen MR) is 80.2 cm³/mol. The maximum atomic E-state index is 13.0. The van der Waals surface area contributed by atoms with Gasteiger partial charge in [-0.25, -0.2) is 9.18 Å². The molecule has 3 rings (SSSR count). The molecule has 1 atom stereocenters. The van der Waals surface area contributed by atoms with Crippen LogP contribution in [-0.4, -0.2) is 23.8 Å². The summed E-state index contributed by atoms with van der Waals surface area (Å²) in [6, 6.07) is 7.26. The predicted octanol–water partition coefficient (Wildman–Crippen LogP) is 2.21. The van der Waals surface area contributed by atoms with Gasteiger partial charge in [-0.05, 0) is 36.1 Å². The number of benzene rings is 1. The second kappa shape index (κ2) is 5.79. The first kappa shape index (κ1) is 15.1. The number of halogens is 1. The number of pyridine rings is 1. The number of carbonyl (C=O) groups is 2. The van der Waals surface area contributed by atoms with E-state index in [0.717, 1.165) is 5.56 Å². The number of hydrogen-bond acceptors (Lipinski definition) is 4.